The van der Waals surface area contributed by atoms with Gasteiger partial charge in [-0.05, 0) is 106 Å². The van der Waals surface area contributed by atoms with E-state index in [0.29, 0.717) is 55.1 Å². The zero-order valence-corrected chi connectivity index (χ0v) is 21.1. The third-order valence-corrected chi connectivity index (χ3v) is 7.75. The zero-order chi connectivity index (χ0) is 25.7. The lowest BCUT2D eigenvalue weighted by molar-refractivity contribution is -0.140. The number of benzene rings is 2. The Balaban J connectivity index is 1.34. The van der Waals surface area contributed by atoms with Crippen molar-refractivity contribution in [1.29, 1.82) is 0 Å². The first-order valence-electron chi connectivity index (χ1n) is 13.2. The molecule has 3 nitrogen and oxygen atoms in total. The Kier molecular flexibility index (Phi) is 8.76. The molecule has 2 saturated carbocycles. The second kappa shape index (κ2) is 12.0. The molecule has 194 valence electrons. The predicted molar refractivity (Wildman–Crippen MR) is 134 cm³/mol. The van der Waals surface area contributed by atoms with Crippen LogP contribution in [0, 0.1) is 29.3 Å². The summed E-state index contributed by atoms with van der Waals surface area (Å²) in [4.78, 5) is 12.7. The van der Waals surface area contributed by atoms with E-state index in [1.54, 1.807) is 18.2 Å². The van der Waals surface area contributed by atoms with Crippen LogP contribution in [0.5, 0.6) is 11.5 Å². The Morgan fingerprint density at radius 2 is 1.53 bits per heavy atom. The van der Waals surface area contributed by atoms with E-state index < -0.39 is 23.5 Å². The topological polar surface area (TPSA) is 35.5 Å². The third kappa shape index (κ3) is 5.96. The van der Waals surface area contributed by atoms with Crippen LogP contribution in [0.2, 0.25) is 0 Å². The highest BCUT2D eigenvalue weighted by molar-refractivity contribution is 5.75. The molecule has 2 aromatic rings. The zero-order valence-electron chi connectivity index (χ0n) is 21.1. The van der Waals surface area contributed by atoms with Crippen LogP contribution >= 0.6 is 0 Å². The molecule has 4 rings (SSSR count). The maximum atomic E-state index is 14.9. The molecule has 2 aromatic carbocycles. The summed E-state index contributed by atoms with van der Waals surface area (Å²) < 4.78 is 55.0. The van der Waals surface area contributed by atoms with Gasteiger partial charge in [0.15, 0.2) is 11.6 Å². The minimum atomic E-state index is -1.10. The number of carbonyl (C=O) groups is 1. The Bertz CT molecular complexity index is 1080. The van der Waals surface area contributed by atoms with Crippen molar-refractivity contribution in [2.75, 3.05) is 6.61 Å². The summed E-state index contributed by atoms with van der Waals surface area (Å²) >= 11 is 0. The van der Waals surface area contributed by atoms with Crippen LogP contribution in [0.25, 0.3) is 0 Å². The van der Waals surface area contributed by atoms with Gasteiger partial charge in [-0.2, -0.15) is 4.39 Å². The van der Waals surface area contributed by atoms with Crippen LogP contribution in [0.15, 0.2) is 42.5 Å². The van der Waals surface area contributed by atoms with Gasteiger partial charge in [0.05, 0.1) is 12.5 Å². The molecule has 0 saturated heterocycles. The smallest absolute Gasteiger partial charge is 0.314 e. The van der Waals surface area contributed by atoms with Gasteiger partial charge in [0.2, 0.25) is 5.82 Å². The Morgan fingerprint density at radius 1 is 0.889 bits per heavy atom. The fourth-order valence-electron chi connectivity index (χ4n) is 5.76. The van der Waals surface area contributed by atoms with E-state index in [-0.39, 0.29) is 23.4 Å². The van der Waals surface area contributed by atoms with Crippen molar-refractivity contribution >= 4 is 5.97 Å². The number of esters is 1. The van der Waals surface area contributed by atoms with Gasteiger partial charge in [-0.15, -0.1) is 0 Å². The molecule has 0 aromatic heterocycles. The summed E-state index contributed by atoms with van der Waals surface area (Å²) in [7, 11) is 0. The number of halogens is 3. The first-order valence-corrected chi connectivity index (χ1v) is 13.2. The van der Waals surface area contributed by atoms with E-state index in [2.05, 4.69) is 6.08 Å². The molecule has 36 heavy (non-hydrogen) atoms. The molecule has 2 aliphatic carbocycles. The fourth-order valence-corrected chi connectivity index (χ4v) is 5.76. The van der Waals surface area contributed by atoms with Crippen molar-refractivity contribution in [2.45, 2.75) is 77.0 Å². The highest BCUT2D eigenvalue weighted by Crippen LogP contribution is 2.40. The molecule has 0 N–H and O–H groups in total. The van der Waals surface area contributed by atoms with Gasteiger partial charge in [-0.3, -0.25) is 4.79 Å². The second-order valence-electron chi connectivity index (χ2n) is 10.0. The monoisotopic (exact) mass is 500 g/mol. The molecule has 6 heteroatoms. The summed E-state index contributed by atoms with van der Waals surface area (Å²) in [6.07, 6.45) is 10.0. The molecule has 0 radical (unpaired) electrons. The number of hydrogen-bond donors (Lipinski definition) is 0. The van der Waals surface area contributed by atoms with Gasteiger partial charge < -0.3 is 9.47 Å². The van der Waals surface area contributed by atoms with Crippen molar-refractivity contribution in [1.82, 2.24) is 0 Å². The number of rotatable bonds is 7. The molecule has 0 bridgehead atoms. The van der Waals surface area contributed by atoms with Crippen LogP contribution in [-0.4, -0.2) is 12.6 Å². The van der Waals surface area contributed by atoms with E-state index in [9.17, 15) is 18.0 Å². The minimum Gasteiger partial charge on any atom is -0.494 e. The Morgan fingerprint density at radius 3 is 2.17 bits per heavy atom. The van der Waals surface area contributed by atoms with E-state index in [1.807, 2.05) is 19.9 Å². The van der Waals surface area contributed by atoms with Crippen molar-refractivity contribution in [3.05, 3.63) is 71.1 Å². The summed E-state index contributed by atoms with van der Waals surface area (Å²) in [6, 6.07) is 7.85. The van der Waals surface area contributed by atoms with Crippen LogP contribution in [0.4, 0.5) is 13.2 Å². The van der Waals surface area contributed by atoms with Crippen molar-refractivity contribution in [3.8, 4) is 11.5 Å². The number of ether oxygens (including phenoxy) is 2. The van der Waals surface area contributed by atoms with Crippen molar-refractivity contribution in [2.24, 2.45) is 11.8 Å². The van der Waals surface area contributed by atoms with Crippen LogP contribution in [0.1, 0.15) is 88.2 Å². The molecule has 0 unspecified atom stereocenters. The average molecular weight is 501 g/mol. The maximum Gasteiger partial charge on any atom is 0.314 e. The summed E-state index contributed by atoms with van der Waals surface area (Å²) in [6.45, 7) is 4.31. The molecule has 2 aliphatic rings. The normalized spacial score (nSPS) is 24.6. The van der Waals surface area contributed by atoms with E-state index in [1.165, 1.54) is 12.1 Å². The van der Waals surface area contributed by atoms with E-state index >= 15 is 0 Å². The summed E-state index contributed by atoms with van der Waals surface area (Å²) in [5.41, 5.74) is 0.984. The highest BCUT2D eigenvalue weighted by atomic mass is 19.2. The first-order chi connectivity index (χ1) is 17.4. The molecule has 0 aliphatic heterocycles. The van der Waals surface area contributed by atoms with Crippen LogP contribution in [-0.2, 0) is 4.79 Å². The Labute approximate surface area is 211 Å². The first kappa shape index (κ1) is 26.3. The molecule has 0 atom stereocenters. The third-order valence-electron chi connectivity index (χ3n) is 7.75. The largest absolute Gasteiger partial charge is 0.494 e. The van der Waals surface area contributed by atoms with Crippen molar-refractivity contribution in [3.63, 3.8) is 0 Å². The second-order valence-corrected chi connectivity index (χ2v) is 10.0. The van der Waals surface area contributed by atoms with Gasteiger partial charge in [0.25, 0.3) is 0 Å². The van der Waals surface area contributed by atoms with Gasteiger partial charge >= 0.3 is 5.97 Å². The van der Waals surface area contributed by atoms with Gasteiger partial charge in [-0.1, -0.05) is 24.3 Å². The maximum absolute atomic E-state index is 14.9. The minimum absolute atomic E-state index is 0.00102. The SMILES string of the molecule is CC=CC1CCC(c2ccc(OC(=O)C3CCC(c4ccc(OCC)cc4F)CC3)c(F)c2F)CC1. The summed E-state index contributed by atoms with van der Waals surface area (Å²) in [5, 5.41) is 0. The number of allylic oxidation sites excluding steroid dienone is 2. The van der Waals surface area contributed by atoms with E-state index in [4.69, 9.17) is 9.47 Å². The lowest BCUT2D eigenvalue weighted by Crippen LogP contribution is -2.26. The lowest BCUT2D eigenvalue weighted by Gasteiger charge is -2.28. The van der Waals surface area contributed by atoms with Gasteiger partial charge in [-0.25, -0.2) is 8.78 Å². The fraction of sp³-hybridized carbons (Fsp3) is 0.500. The predicted octanol–water partition coefficient (Wildman–Crippen LogP) is 8.23. The van der Waals surface area contributed by atoms with E-state index in [0.717, 1.165) is 25.7 Å². The van der Waals surface area contributed by atoms with Crippen LogP contribution in [0.3, 0.4) is 0 Å². The summed E-state index contributed by atoms with van der Waals surface area (Å²) in [5.74, 6) is -2.67. The standard InChI is InChI=1S/C30H35F3O3/c1-3-5-19-6-8-21(9-7-19)25-16-17-27(29(33)28(25)32)36-30(34)22-12-10-20(11-13-22)24-15-14-23(35-4-2)18-26(24)31/h3,5,14-22H,4,6-13H2,1-2H3. The number of carbonyl (C=O) groups excluding carboxylic acids is 1. The molecule has 2 fully saturated rings. The Hall–Kier alpha value is -2.76. The molecular weight excluding hydrogens is 465 g/mol. The molecule has 0 amide bonds. The number of hydrogen-bond acceptors (Lipinski definition) is 3. The lowest BCUT2D eigenvalue weighted by atomic mass is 9.78. The average Bonchev–Trinajstić information content (AvgIpc) is 2.88. The molecule has 0 spiro atoms. The van der Waals surface area contributed by atoms with Crippen LogP contribution < -0.4 is 9.47 Å². The highest BCUT2D eigenvalue weighted by Gasteiger charge is 2.31. The molecular formula is C30H35F3O3. The van der Waals surface area contributed by atoms with Gasteiger partial charge in [0, 0.05) is 6.07 Å². The molecule has 0 heterocycles. The van der Waals surface area contributed by atoms with Crippen molar-refractivity contribution < 1.29 is 27.4 Å². The van der Waals surface area contributed by atoms with Gasteiger partial charge in [0.1, 0.15) is 11.6 Å². The quantitative estimate of drug-likeness (QED) is 0.218.